The van der Waals surface area contributed by atoms with Crippen LogP contribution < -0.4 is 19.6 Å². The minimum Gasteiger partial charge on any atom is -0.310 e. The van der Waals surface area contributed by atoms with Crippen molar-refractivity contribution in [2.45, 2.75) is 339 Å². The highest BCUT2D eigenvalue weighted by Crippen LogP contribution is 2.60. The summed E-state index contributed by atoms with van der Waals surface area (Å²) in [6.07, 6.45) is 50.4. The largest absolute Gasteiger partial charge is 0.310 e. The van der Waals surface area contributed by atoms with Crippen LogP contribution in [-0.2, 0) is 10.8 Å². The molecule has 0 amide bonds. The second-order valence-electron chi connectivity index (χ2n) is 39.4. The van der Waals surface area contributed by atoms with Crippen LogP contribution >= 0.6 is 0 Å². The molecule has 132 heavy (non-hydrogen) atoms. The fourth-order valence-electron chi connectivity index (χ4n) is 21.2. The molecule has 14 rings (SSSR count). The maximum Gasteiger partial charge on any atom is 0.0465 e. The van der Waals surface area contributed by atoms with Crippen LogP contribution in [-0.4, -0.2) is 0 Å². The Morgan fingerprint density at radius 3 is 0.674 bits per heavy atom. The summed E-state index contributed by atoms with van der Waals surface area (Å²) in [6, 6.07) is 103. The van der Waals surface area contributed by atoms with E-state index in [2.05, 4.69) is 396 Å². The Bertz CT molecular complexity index is 5440. The van der Waals surface area contributed by atoms with E-state index < -0.39 is 0 Å². The molecule has 0 bridgehead atoms. The third kappa shape index (κ3) is 25.2. The lowest BCUT2D eigenvalue weighted by Gasteiger charge is -2.35. The monoisotopic (exact) mass is 1750 g/mol. The van der Waals surface area contributed by atoms with Gasteiger partial charge in [-0.25, -0.2) is 0 Å². The molecule has 0 N–H and O–H groups in total. The van der Waals surface area contributed by atoms with Crippen LogP contribution in [0.3, 0.4) is 0 Å². The van der Waals surface area contributed by atoms with Gasteiger partial charge in [-0.1, -0.05) is 394 Å². The third-order valence-electron chi connectivity index (χ3n) is 28.9. The van der Waals surface area contributed by atoms with E-state index in [-0.39, 0.29) is 10.8 Å². The SMILES string of the molecule is CC=C(CCCCC)c1ccc(N(c2ccc(C)cc2)c2ccc3c(c2)C(CCCCCCCC)(CCCCCCCC)c2cc(N(c4ccc(C)cc4)c4ccc(C)cc4)ccc2-3)cc1.CCCCCCCCC1(CCCCCCCC)c2cc(N(c3ccc(C)cc3)c3ccc(C)cc3)ccc2-c2ccc(N(c3ccc(C)cc3)c3ccc(C=C(C)CCCCC)cc3)cc21. The van der Waals surface area contributed by atoms with Gasteiger partial charge in [-0.2, -0.15) is 0 Å². The lowest BCUT2D eigenvalue weighted by Crippen LogP contribution is -2.26. The summed E-state index contributed by atoms with van der Waals surface area (Å²) >= 11 is 0. The molecule has 0 spiro atoms. The highest BCUT2D eigenvalue weighted by molar-refractivity contribution is 5.92. The molecule has 4 heteroatoms. The molecule has 2 aliphatic carbocycles. The van der Waals surface area contributed by atoms with Gasteiger partial charge in [0.05, 0.1) is 0 Å². The number of hydrogen-bond donors (Lipinski definition) is 0. The van der Waals surface area contributed by atoms with Gasteiger partial charge in [0.1, 0.15) is 0 Å². The van der Waals surface area contributed by atoms with E-state index in [9.17, 15) is 0 Å². The Labute approximate surface area is 800 Å². The first-order chi connectivity index (χ1) is 64.5. The number of unbranched alkanes of at least 4 members (excludes halogenated alkanes) is 24. The summed E-state index contributed by atoms with van der Waals surface area (Å²) < 4.78 is 0. The smallest absolute Gasteiger partial charge is 0.0465 e. The van der Waals surface area contributed by atoms with E-state index in [1.165, 1.54) is 393 Å². The zero-order valence-electron chi connectivity index (χ0n) is 83.8. The van der Waals surface area contributed by atoms with Crippen molar-refractivity contribution in [2.24, 2.45) is 0 Å². The predicted octanol–water partition coefficient (Wildman–Crippen LogP) is 40.6. The Balaban J connectivity index is 0.000000224. The van der Waals surface area contributed by atoms with Gasteiger partial charge in [0.25, 0.3) is 0 Å². The molecule has 0 saturated carbocycles. The van der Waals surface area contributed by atoms with E-state index in [0.29, 0.717) is 0 Å². The van der Waals surface area contributed by atoms with Crippen LogP contribution in [0.5, 0.6) is 0 Å². The van der Waals surface area contributed by atoms with Crippen molar-refractivity contribution in [1.29, 1.82) is 0 Å². The van der Waals surface area contributed by atoms with Crippen molar-refractivity contribution < 1.29 is 0 Å². The first-order valence-electron chi connectivity index (χ1n) is 52.3. The van der Waals surface area contributed by atoms with Crippen molar-refractivity contribution in [3.05, 3.63) is 345 Å². The van der Waals surface area contributed by atoms with E-state index in [0.717, 1.165) is 6.42 Å². The quantitative estimate of drug-likeness (QED) is 0.0352. The van der Waals surface area contributed by atoms with Gasteiger partial charge in [-0.3, -0.25) is 0 Å². The van der Waals surface area contributed by atoms with Crippen LogP contribution in [0.2, 0.25) is 0 Å². The van der Waals surface area contributed by atoms with E-state index >= 15 is 0 Å². The molecular weight excluding hydrogens is 1590 g/mol. The van der Waals surface area contributed by atoms with Crippen LogP contribution in [0.25, 0.3) is 33.9 Å². The normalized spacial score (nSPS) is 12.9. The number of hydrogen-bond acceptors (Lipinski definition) is 4. The van der Waals surface area contributed by atoms with Crippen molar-refractivity contribution in [3.63, 3.8) is 0 Å². The second-order valence-corrected chi connectivity index (χ2v) is 39.4. The number of nitrogens with zero attached hydrogens (tertiary/aromatic N) is 4. The predicted molar refractivity (Wildman–Crippen MR) is 580 cm³/mol. The molecule has 0 heterocycles. The lowest BCUT2D eigenvalue weighted by atomic mass is 9.70. The van der Waals surface area contributed by atoms with Crippen LogP contribution in [0, 0.1) is 41.5 Å². The Kier molecular flexibility index (Phi) is 37.3. The summed E-state index contributed by atoms with van der Waals surface area (Å²) in [4.78, 5) is 9.99. The van der Waals surface area contributed by atoms with E-state index in [1.807, 2.05) is 0 Å². The second kappa shape index (κ2) is 49.9. The van der Waals surface area contributed by atoms with E-state index in [4.69, 9.17) is 0 Å². The van der Waals surface area contributed by atoms with Gasteiger partial charge < -0.3 is 19.6 Å². The molecule has 12 aromatic rings. The lowest BCUT2D eigenvalue weighted by molar-refractivity contribution is 0.398. The summed E-state index contributed by atoms with van der Waals surface area (Å²) in [7, 11) is 0. The third-order valence-corrected chi connectivity index (χ3v) is 28.9. The summed E-state index contributed by atoms with van der Waals surface area (Å²) in [5.41, 5.74) is 39.3. The first kappa shape index (κ1) is 98.8. The van der Waals surface area contributed by atoms with Gasteiger partial charge in [-0.05, 0) is 314 Å². The zero-order valence-corrected chi connectivity index (χ0v) is 83.8. The minimum absolute atomic E-state index is 0.0959. The molecule has 692 valence electrons. The van der Waals surface area contributed by atoms with Crippen molar-refractivity contribution in [2.75, 3.05) is 19.6 Å². The molecule has 0 aromatic heterocycles. The van der Waals surface area contributed by atoms with Gasteiger partial charge in [0.2, 0.25) is 0 Å². The van der Waals surface area contributed by atoms with Crippen LogP contribution in [0.4, 0.5) is 68.2 Å². The Hall–Kier alpha value is -10.7. The highest BCUT2D eigenvalue weighted by Gasteiger charge is 2.45. The van der Waals surface area contributed by atoms with Gasteiger partial charge in [0, 0.05) is 79.1 Å². The fourth-order valence-corrected chi connectivity index (χ4v) is 21.2. The summed E-state index contributed by atoms with van der Waals surface area (Å²) in [6.45, 7) is 31.5. The molecule has 0 radical (unpaired) electrons. The van der Waals surface area contributed by atoms with Crippen molar-refractivity contribution in [1.82, 2.24) is 0 Å². The topological polar surface area (TPSA) is 13.0 Å². The molecule has 0 saturated heterocycles. The number of allylic oxidation sites excluding steroid dienone is 3. The molecular formula is C128H160N4. The molecule has 0 aliphatic heterocycles. The number of benzene rings is 12. The average molecular weight is 1750 g/mol. The molecule has 0 atom stereocenters. The molecule has 0 fully saturated rings. The first-order valence-corrected chi connectivity index (χ1v) is 52.3. The maximum absolute atomic E-state index is 2.62. The standard InChI is InChI=1S/2C64H80N2/c1-8-11-14-16-18-21-44-64(45-22-19-17-15-12-9-2)62-47-58(65(54-32-24-49(4)25-33-54)55-34-26-50(5)27-35-55)40-42-60(62)61-43-41-59(48-63(61)64)66(56-36-28-51(6)29-37-56)57-38-30-53(31-39-57)46-52(7)23-20-13-10-3;1-8-12-15-17-19-22-45-64(46-23-20-18-16-13-9-2)62-47-58(65(54-33-25-49(5)26-34-54)55-35-27-50(6)28-36-55)41-43-60(62)61-44-42-59(48-63(61)64)66(56-37-29-51(7)30-38-56)57-39-31-53(32-40-57)52(11-4)24-21-14-10-3/h24-43,46-48H,8-23,44-45H2,1-7H3;11,25-44,47-48H,8-10,12-24,45-46H2,1-7H3. The molecule has 2 aliphatic rings. The Morgan fingerprint density at radius 1 is 0.227 bits per heavy atom. The van der Waals surface area contributed by atoms with Gasteiger partial charge in [-0.15, -0.1) is 0 Å². The minimum atomic E-state index is -0.0967. The number of aryl methyl sites for hydroxylation is 6. The number of anilines is 12. The van der Waals surface area contributed by atoms with Crippen molar-refractivity contribution >= 4 is 79.9 Å². The molecule has 0 unspecified atom stereocenters. The molecule has 12 aromatic carbocycles. The van der Waals surface area contributed by atoms with Crippen LogP contribution in [0.1, 0.15) is 353 Å². The van der Waals surface area contributed by atoms with Crippen molar-refractivity contribution in [3.8, 4) is 22.3 Å². The zero-order chi connectivity index (χ0) is 92.6. The maximum atomic E-state index is 2.62. The Morgan fingerprint density at radius 2 is 0.432 bits per heavy atom. The number of fused-ring (bicyclic) bond motifs is 6. The fraction of sp³-hybridized carbons (Fsp3) is 0.406. The van der Waals surface area contributed by atoms with Gasteiger partial charge in [0.15, 0.2) is 0 Å². The van der Waals surface area contributed by atoms with Gasteiger partial charge >= 0.3 is 0 Å². The molecule has 4 nitrogen and oxygen atoms in total. The summed E-state index contributed by atoms with van der Waals surface area (Å²) in [5, 5.41) is 0. The average Bonchev–Trinajstić information content (AvgIpc) is 1.56. The van der Waals surface area contributed by atoms with E-state index in [1.54, 1.807) is 0 Å². The van der Waals surface area contributed by atoms with Crippen LogP contribution in [0.15, 0.2) is 279 Å². The number of rotatable bonds is 50. The highest BCUT2D eigenvalue weighted by atomic mass is 15.2. The summed E-state index contributed by atoms with van der Waals surface area (Å²) in [5.74, 6) is 0.